The van der Waals surface area contributed by atoms with Crippen LogP contribution >= 0.6 is 0 Å². The largest absolute Gasteiger partial charge is 0.337 e. The molecule has 0 saturated carbocycles. The van der Waals surface area contributed by atoms with Crippen molar-refractivity contribution in [2.75, 3.05) is 7.05 Å². The number of aromatic nitrogens is 5. The van der Waals surface area contributed by atoms with Crippen molar-refractivity contribution in [3.63, 3.8) is 0 Å². The zero-order chi connectivity index (χ0) is 9.97. The van der Waals surface area contributed by atoms with Crippen LogP contribution in [0.5, 0.6) is 0 Å². The van der Waals surface area contributed by atoms with E-state index in [1.807, 2.05) is 14.0 Å². The molecule has 0 fully saturated rings. The van der Waals surface area contributed by atoms with E-state index in [0.29, 0.717) is 17.4 Å². The first-order chi connectivity index (χ1) is 6.81. The molecule has 0 spiro atoms. The van der Waals surface area contributed by atoms with Crippen molar-refractivity contribution in [3.05, 3.63) is 12.1 Å². The third-order valence-corrected chi connectivity index (χ3v) is 1.89. The highest BCUT2D eigenvalue weighted by Gasteiger charge is 2.14. The number of nitrogens with zero attached hydrogens (tertiary/aromatic N) is 4. The highest BCUT2D eigenvalue weighted by Crippen LogP contribution is 2.14. The van der Waals surface area contributed by atoms with E-state index in [2.05, 4.69) is 30.9 Å². The Labute approximate surface area is 79.9 Å². The first-order valence-corrected chi connectivity index (χ1v) is 4.18. The number of rotatable bonds is 3. The van der Waals surface area contributed by atoms with Crippen LogP contribution in [0.15, 0.2) is 10.7 Å². The van der Waals surface area contributed by atoms with Gasteiger partial charge in [-0.1, -0.05) is 5.16 Å². The van der Waals surface area contributed by atoms with E-state index < -0.39 is 0 Å². The Bertz CT molecular complexity index is 394. The first kappa shape index (κ1) is 8.82. The summed E-state index contributed by atoms with van der Waals surface area (Å²) in [7, 11) is 1.82. The molecule has 7 heteroatoms. The van der Waals surface area contributed by atoms with Crippen LogP contribution in [0.4, 0.5) is 0 Å². The fourth-order valence-electron chi connectivity index (χ4n) is 0.948. The van der Waals surface area contributed by atoms with Gasteiger partial charge >= 0.3 is 0 Å². The minimum Gasteiger partial charge on any atom is -0.337 e. The summed E-state index contributed by atoms with van der Waals surface area (Å²) in [6.07, 6.45) is 1.54. The molecule has 1 atom stereocenters. The van der Waals surface area contributed by atoms with E-state index in [1.54, 1.807) is 6.20 Å². The van der Waals surface area contributed by atoms with Gasteiger partial charge in [0.2, 0.25) is 11.7 Å². The average Bonchev–Trinajstić information content (AvgIpc) is 2.86. The van der Waals surface area contributed by atoms with Gasteiger partial charge in [-0.05, 0) is 14.0 Å². The Balaban J connectivity index is 2.26. The number of aromatic amines is 1. The summed E-state index contributed by atoms with van der Waals surface area (Å²) in [4.78, 5) is 4.16. The Hall–Kier alpha value is -1.76. The predicted octanol–water partition coefficient (Wildman–Crippen LogP) is 0.135. The van der Waals surface area contributed by atoms with Crippen LogP contribution in [0.25, 0.3) is 11.5 Å². The molecule has 7 nitrogen and oxygen atoms in total. The third kappa shape index (κ3) is 1.49. The zero-order valence-electron chi connectivity index (χ0n) is 7.85. The fourth-order valence-corrected chi connectivity index (χ4v) is 0.948. The molecule has 0 aliphatic carbocycles. The zero-order valence-corrected chi connectivity index (χ0v) is 7.85. The van der Waals surface area contributed by atoms with Crippen LogP contribution in [0.1, 0.15) is 18.9 Å². The fraction of sp³-hybridized carbons (Fsp3) is 0.429. The van der Waals surface area contributed by atoms with Gasteiger partial charge in [0.05, 0.1) is 12.2 Å². The molecule has 2 N–H and O–H groups in total. The molecular weight excluding hydrogens is 184 g/mol. The molecule has 14 heavy (non-hydrogen) atoms. The molecule has 0 aliphatic rings. The number of H-pyrrole nitrogens is 1. The molecule has 0 bridgehead atoms. The molecule has 0 amide bonds. The Morgan fingerprint density at radius 2 is 2.43 bits per heavy atom. The molecule has 0 radical (unpaired) electrons. The first-order valence-electron chi connectivity index (χ1n) is 4.18. The van der Waals surface area contributed by atoms with Gasteiger partial charge < -0.3 is 9.84 Å². The lowest BCUT2D eigenvalue weighted by Gasteiger charge is -2.00. The van der Waals surface area contributed by atoms with E-state index in [1.165, 1.54) is 0 Å². The summed E-state index contributed by atoms with van der Waals surface area (Å²) in [6.45, 7) is 1.93. The van der Waals surface area contributed by atoms with Gasteiger partial charge in [0, 0.05) is 0 Å². The van der Waals surface area contributed by atoms with E-state index in [9.17, 15) is 0 Å². The second-order valence-electron chi connectivity index (χ2n) is 2.82. The van der Waals surface area contributed by atoms with Crippen LogP contribution in [-0.2, 0) is 0 Å². The van der Waals surface area contributed by atoms with Crippen LogP contribution in [0.2, 0.25) is 0 Å². The van der Waals surface area contributed by atoms with Crippen molar-refractivity contribution in [2.45, 2.75) is 13.0 Å². The summed E-state index contributed by atoms with van der Waals surface area (Å²) in [5.74, 6) is 0.973. The number of hydrogen-bond donors (Lipinski definition) is 2. The molecule has 0 aliphatic heterocycles. The molecule has 2 aromatic heterocycles. The SMILES string of the molecule is CNC(C)c1nc(-c2cn[nH]n2)no1. The third-order valence-electron chi connectivity index (χ3n) is 1.89. The van der Waals surface area contributed by atoms with E-state index in [-0.39, 0.29) is 6.04 Å². The second-order valence-corrected chi connectivity index (χ2v) is 2.82. The van der Waals surface area contributed by atoms with Crippen LogP contribution < -0.4 is 5.32 Å². The molecule has 0 saturated heterocycles. The van der Waals surface area contributed by atoms with Crippen LogP contribution in [-0.4, -0.2) is 32.6 Å². The maximum Gasteiger partial charge on any atom is 0.243 e. The smallest absolute Gasteiger partial charge is 0.243 e. The van der Waals surface area contributed by atoms with Gasteiger partial charge in [0.25, 0.3) is 0 Å². The van der Waals surface area contributed by atoms with Gasteiger partial charge in [-0.25, -0.2) is 0 Å². The van der Waals surface area contributed by atoms with Crippen LogP contribution in [0, 0.1) is 0 Å². The van der Waals surface area contributed by atoms with E-state index >= 15 is 0 Å². The van der Waals surface area contributed by atoms with Gasteiger partial charge in [-0.2, -0.15) is 20.4 Å². The highest BCUT2D eigenvalue weighted by molar-refractivity contribution is 5.44. The molecule has 74 valence electrons. The summed E-state index contributed by atoms with van der Waals surface area (Å²) in [6, 6.07) is 0.0307. The lowest BCUT2D eigenvalue weighted by molar-refractivity contribution is 0.347. The average molecular weight is 194 g/mol. The monoisotopic (exact) mass is 194 g/mol. The van der Waals surface area contributed by atoms with E-state index in [0.717, 1.165) is 0 Å². The summed E-state index contributed by atoms with van der Waals surface area (Å²) >= 11 is 0. The van der Waals surface area contributed by atoms with Crippen molar-refractivity contribution in [3.8, 4) is 11.5 Å². The minimum atomic E-state index is 0.0307. The molecule has 1 unspecified atom stereocenters. The van der Waals surface area contributed by atoms with Gasteiger partial charge in [-0.3, -0.25) is 0 Å². The Morgan fingerprint density at radius 3 is 3.07 bits per heavy atom. The molecule has 2 aromatic rings. The normalized spacial score (nSPS) is 13.0. The topological polar surface area (TPSA) is 92.5 Å². The lowest BCUT2D eigenvalue weighted by atomic mass is 10.3. The molecular formula is C7H10N6O. The maximum absolute atomic E-state index is 5.04. The van der Waals surface area contributed by atoms with Crippen molar-refractivity contribution >= 4 is 0 Å². The molecule has 2 heterocycles. The predicted molar refractivity (Wildman–Crippen MR) is 47.1 cm³/mol. The van der Waals surface area contributed by atoms with Crippen molar-refractivity contribution in [1.82, 2.24) is 30.9 Å². The number of nitrogens with one attached hydrogen (secondary N) is 2. The molecule has 2 rings (SSSR count). The summed E-state index contributed by atoms with van der Waals surface area (Å²) < 4.78 is 5.04. The maximum atomic E-state index is 5.04. The lowest BCUT2D eigenvalue weighted by Crippen LogP contribution is -2.12. The molecule has 0 aromatic carbocycles. The standard InChI is InChI=1S/C7H10N6O/c1-4(8-2)7-10-6(12-14-7)5-3-9-13-11-5/h3-4,8H,1-2H3,(H,9,11,13). The van der Waals surface area contributed by atoms with Crippen molar-refractivity contribution in [1.29, 1.82) is 0 Å². The van der Waals surface area contributed by atoms with Gasteiger partial charge in [0.15, 0.2) is 5.69 Å². The van der Waals surface area contributed by atoms with Crippen LogP contribution in [0.3, 0.4) is 0 Å². The van der Waals surface area contributed by atoms with E-state index in [4.69, 9.17) is 4.52 Å². The van der Waals surface area contributed by atoms with Gasteiger partial charge in [0.1, 0.15) is 0 Å². The van der Waals surface area contributed by atoms with Gasteiger partial charge in [-0.15, -0.1) is 0 Å². The second kappa shape index (κ2) is 3.54. The minimum absolute atomic E-state index is 0.0307. The Kier molecular flexibility index (Phi) is 2.23. The quantitative estimate of drug-likeness (QED) is 0.721. The van der Waals surface area contributed by atoms with Crippen molar-refractivity contribution in [2.24, 2.45) is 0 Å². The Morgan fingerprint density at radius 1 is 1.57 bits per heavy atom. The highest BCUT2D eigenvalue weighted by atomic mass is 16.5. The number of hydrogen-bond acceptors (Lipinski definition) is 6. The summed E-state index contributed by atoms with van der Waals surface area (Å²) in [5, 5.41) is 16.8. The summed E-state index contributed by atoms with van der Waals surface area (Å²) in [5.41, 5.74) is 0.573. The van der Waals surface area contributed by atoms with Crippen molar-refractivity contribution < 1.29 is 4.52 Å².